The Morgan fingerprint density at radius 2 is 2.37 bits per heavy atom. The SMILES string of the molecule is COCC(Br)CNC(=O)C1COc2ccccc2C1. The highest BCUT2D eigenvalue weighted by molar-refractivity contribution is 9.09. The van der Waals surface area contributed by atoms with E-state index in [0.29, 0.717) is 19.8 Å². The second-order valence-corrected chi connectivity index (χ2v) is 5.91. The molecule has 1 aromatic rings. The number of hydrogen-bond donors (Lipinski definition) is 1. The molecule has 0 radical (unpaired) electrons. The number of halogens is 1. The molecule has 1 aliphatic rings. The van der Waals surface area contributed by atoms with Crippen LogP contribution in [0.4, 0.5) is 0 Å². The highest BCUT2D eigenvalue weighted by Crippen LogP contribution is 2.26. The van der Waals surface area contributed by atoms with E-state index in [2.05, 4.69) is 21.2 Å². The number of nitrogens with one attached hydrogen (secondary N) is 1. The van der Waals surface area contributed by atoms with Gasteiger partial charge in [0.05, 0.1) is 17.4 Å². The van der Waals surface area contributed by atoms with Gasteiger partial charge in [-0.2, -0.15) is 0 Å². The van der Waals surface area contributed by atoms with Crippen LogP contribution in [0.2, 0.25) is 0 Å². The molecule has 1 aromatic carbocycles. The number of benzene rings is 1. The van der Waals surface area contributed by atoms with E-state index in [1.807, 2.05) is 24.3 Å². The zero-order valence-electron chi connectivity index (χ0n) is 10.9. The first-order valence-corrected chi connectivity index (χ1v) is 7.23. The smallest absolute Gasteiger partial charge is 0.226 e. The number of alkyl halides is 1. The summed E-state index contributed by atoms with van der Waals surface area (Å²) in [4.78, 5) is 12.2. The lowest BCUT2D eigenvalue weighted by Crippen LogP contribution is -2.40. The predicted molar refractivity (Wildman–Crippen MR) is 76.7 cm³/mol. The maximum absolute atomic E-state index is 12.1. The minimum atomic E-state index is -0.114. The van der Waals surface area contributed by atoms with E-state index in [-0.39, 0.29) is 16.7 Å². The van der Waals surface area contributed by atoms with Gasteiger partial charge in [-0.05, 0) is 18.1 Å². The second-order valence-electron chi connectivity index (χ2n) is 4.62. The minimum absolute atomic E-state index is 0.0371. The molecule has 0 fully saturated rings. The van der Waals surface area contributed by atoms with E-state index in [9.17, 15) is 4.79 Å². The van der Waals surface area contributed by atoms with Crippen molar-refractivity contribution >= 4 is 21.8 Å². The quantitative estimate of drug-likeness (QED) is 0.838. The fraction of sp³-hybridized carbons (Fsp3) is 0.500. The van der Waals surface area contributed by atoms with Gasteiger partial charge in [0.1, 0.15) is 12.4 Å². The van der Waals surface area contributed by atoms with Crippen LogP contribution in [-0.4, -0.2) is 37.6 Å². The number of ether oxygens (including phenoxy) is 2. The Kier molecular flexibility index (Phi) is 5.22. The van der Waals surface area contributed by atoms with Gasteiger partial charge in [-0.1, -0.05) is 34.1 Å². The molecule has 1 heterocycles. The van der Waals surface area contributed by atoms with E-state index < -0.39 is 0 Å². The lowest BCUT2D eigenvalue weighted by molar-refractivity contribution is -0.126. The van der Waals surface area contributed by atoms with E-state index in [1.54, 1.807) is 7.11 Å². The molecule has 104 valence electrons. The Morgan fingerprint density at radius 3 is 3.16 bits per heavy atom. The maximum atomic E-state index is 12.1. The summed E-state index contributed by atoms with van der Waals surface area (Å²) in [6.45, 7) is 1.58. The molecule has 0 saturated heterocycles. The average molecular weight is 328 g/mol. The number of rotatable bonds is 5. The van der Waals surface area contributed by atoms with Crippen molar-refractivity contribution in [2.24, 2.45) is 5.92 Å². The van der Waals surface area contributed by atoms with Crippen molar-refractivity contribution in [1.82, 2.24) is 5.32 Å². The van der Waals surface area contributed by atoms with Gasteiger partial charge in [-0.25, -0.2) is 0 Å². The van der Waals surface area contributed by atoms with Crippen LogP contribution in [0.5, 0.6) is 5.75 Å². The van der Waals surface area contributed by atoms with Crippen LogP contribution in [0, 0.1) is 5.92 Å². The topological polar surface area (TPSA) is 47.6 Å². The summed E-state index contributed by atoms with van der Waals surface area (Å²) in [5, 5.41) is 2.92. The molecule has 0 aromatic heterocycles. The van der Waals surface area contributed by atoms with Gasteiger partial charge in [-0.15, -0.1) is 0 Å². The van der Waals surface area contributed by atoms with E-state index >= 15 is 0 Å². The van der Waals surface area contributed by atoms with Gasteiger partial charge in [-0.3, -0.25) is 4.79 Å². The molecule has 19 heavy (non-hydrogen) atoms. The standard InChI is InChI=1S/C14H18BrNO3/c1-18-9-12(15)7-16-14(17)11-6-10-4-2-3-5-13(10)19-8-11/h2-5,11-12H,6-9H2,1H3,(H,16,17). The summed E-state index contributed by atoms with van der Waals surface area (Å²) >= 11 is 3.45. The highest BCUT2D eigenvalue weighted by Gasteiger charge is 2.25. The first kappa shape index (κ1) is 14.3. The third-order valence-electron chi connectivity index (χ3n) is 3.10. The maximum Gasteiger partial charge on any atom is 0.226 e. The number of fused-ring (bicyclic) bond motifs is 1. The molecule has 0 aliphatic carbocycles. The number of hydrogen-bond acceptors (Lipinski definition) is 3. The van der Waals surface area contributed by atoms with E-state index in [1.165, 1.54) is 0 Å². The van der Waals surface area contributed by atoms with Crippen LogP contribution in [0.1, 0.15) is 5.56 Å². The first-order valence-electron chi connectivity index (χ1n) is 6.32. The van der Waals surface area contributed by atoms with Crippen molar-refractivity contribution in [3.8, 4) is 5.75 Å². The van der Waals surface area contributed by atoms with Crippen molar-refractivity contribution < 1.29 is 14.3 Å². The monoisotopic (exact) mass is 327 g/mol. The van der Waals surface area contributed by atoms with Gasteiger partial charge < -0.3 is 14.8 Å². The second kappa shape index (κ2) is 6.91. The Labute approximate surface area is 121 Å². The normalized spacial score (nSPS) is 19.2. The Morgan fingerprint density at radius 1 is 1.58 bits per heavy atom. The van der Waals surface area contributed by atoms with Crippen LogP contribution in [-0.2, 0) is 16.0 Å². The molecule has 1 amide bonds. The third kappa shape index (κ3) is 3.94. The Balaban J connectivity index is 1.85. The number of para-hydroxylation sites is 1. The number of amides is 1. The van der Waals surface area contributed by atoms with Crippen molar-refractivity contribution in [2.45, 2.75) is 11.2 Å². The number of methoxy groups -OCH3 is 1. The number of carbonyl (C=O) groups is 1. The lowest BCUT2D eigenvalue weighted by atomic mass is 9.96. The molecule has 2 unspecified atom stereocenters. The first-order chi connectivity index (χ1) is 9.20. The summed E-state index contributed by atoms with van der Waals surface area (Å²) in [6, 6.07) is 7.86. The van der Waals surface area contributed by atoms with Crippen molar-refractivity contribution in [3.63, 3.8) is 0 Å². The summed E-state index contributed by atoms with van der Waals surface area (Å²) in [7, 11) is 1.64. The fourth-order valence-corrected chi connectivity index (χ4v) is 2.52. The summed E-state index contributed by atoms with van der Waals surface area (Å²) < 4.78 is 10.6. The zero-order chi connectivity index (χ0) is 13.7. The fourth-order valence-electron chi connectivity index (χ4n) is 2.09. The highest BCUT2D eigenvalue weighted by atomic mass is 79.9. The van der Waals surface area contributed by atoms with Gasteiger partial charge in [0.2, 0.25) is 5.91 Å². The Hall–Kier alpha value is -1.07. The molecular weight excluding hydrogens is 310 g/mol. The van der Waals surface area contributed by atoms with Gasteiger partial charge in [0.15, 0.2) is 0 Å². The molecule has 5 heteroatoms. The van der Waals surface area contributed by atoms with Gasteiger partial charge in [0, 0.05) is 13.7 Å². The molecule has 2 rings (SSSR count). The molecule has 4 nitrogen and oxygen atoms in total. The molecule has 0 saturated carbocycles. The molecule has 0 bridgehead atoms. The largest absolute Gasteiger partial charge is 0.492 e. The van der Waals surface area contributed by atoms with Crippen LogP contribution >= 0.6 is 15.9 Å². The average Bonchev–Trinajstić information content (AvgIpc) is 2.44. The van der Waals surface area contributed by atoms with Crippen LogP contribution in [0.15, 0.2) is 24.3 Å². The van der Waals surface area contributed by atoms with E-state index in [4.69, 9.17) is 9.47 Å². The Bertz CT molecular complexity index is 438. The molecule has 0 spiro atoms. The van der Waals surface area contributed by atoms with Gasteiger partial charge in [0.25, 0.3) is 0 Å². The summed E-state index contributed by atoms with van der Waals surface area (Å²) in [6.07, 6.45) is 0.735. The molecule has 2 atom stereocenters. The summed E-state index contributed by atoms with van der Waals surface area (Å²) in [5.74, 6) is 0.816. The minimum Gasteiger partial charge on any atom is -0.492 e. The van der Waals surface area contributed by atoms with Crippen LogP contribution in [0.25, 0.3) is 0 Å². The molecule has 1 aliphatic heterocycles. The van der Waals surface area contributed by atoms with Crippen molar-refractivity contribution in [3.05, 3.63) is 29.8 Å². The van der Waals surface area contributed by atoms with Crippen molar-refractivity contribution in [2.75, 3.05) is 26.9 Å². The van der Waals surface area contributed by atoms with Crippen LogP contribution < -0.4 is 10.1 Å². The summed E-state index contributed by atoms with van der Waals surface area (Å²) in [5.41, 5.74) is 1.10. The van der Waals surface area contributed by atoms with Crippen molar-refractivity contribution in [1.29, 1.82) is 0 Å². The lowest BCUT2D eigenvalue weighted by Gasteiger charge is -2.24. The molecular formula is C14H18BrNO3. The third-order valence-corrected chi connectivity index (χ3v) is 3.68. The molecule has 1 N–H and O–H groups in total. The number of carbonyl (C=O) groups excluding carboxylic acids is 1. The van der Waals surface area contributed by atoms with Crippen LogP contribution in [0.3, 0.4) is 0 Å². The zero-order valence-corrected chi connectivity index (χ0v) is 12.5. The van der Waals surface area contributed by atoms with Gasteiger partial charge >= 0.3 is 0 Å². The predicted octanol–water partition coefficient (Wildman–Crippen LogP) is 1.76. The van der Waals surface area contributed by atoms with E-state index in [0.717, 1.165) is 17.7 Å².